The Morgan fingerprint density at radius 2 is 2.25 bits per heavy atom. The van der Waals surface area contributed by atoms with Gasteiger partial charge >= 0.3 is 5.97 Å². The predicted octanol–water partition coefficient (Wildman–Crippen LogP) is 2.27. The number of methoxy groups -OCH3 is 1. The van der Waals surface area contributed by atoms with Crippen LogP contribution in [0.4, 0.5) is 11.4 Å². The van der Waals surface area contributed by atoms with E-state index in [4.69, 9.17) is 5.73 Å². The summed E-state index contributed by atoms with van der Waals surface area (Å²) in [6.45, 7) is 3.05. The van der Waals surface area contributed by atoms with E-state index < -0.39 is 5.97 Å². The number of nitrogen functional groups attached to an aromatic ring is 1. The Hall–Kier alpha value is -1.71. The smallest absolute Gasteiger partial charge is 0.339 e. The molecular weight excluding hydrogens is 204 g/mol. The molecular formula is C12H18N2O2. The van der Waals surface area contributed by atoms with E-state index in [1.54, 1.807) is 12.1 Å². The molecule has 1 rings (SSSR count). The number of unbranched alkanes of at least 4 members (excludes halogenated alkanes) is 1. The first kappa shape index (κ1) is 12.4. The lowest BCUT2D eigenvalue weighted by Gasteiger charge is -2.08. The summed E-state index contributed by atoms with van der Waals surface area (Å²) in [5.41, 5.74) is 7.53. The van der Waals surface area contributed by atoms with Gasteiger partial charge in [-0.25, -0.2) is 4.79 Å². The largest absolute Gasteiger partial charge is 0.465 e. The predicted molar refractivity (Wildman–Crippen MR) is 65.6 cm³/mol. The van der Waals surface area contributed by atoms with Gasteiger partial charge in [-0.05, 0) is 24.6 Å². The third-order valence-electron chi connectivity index (χ3n) is 2.32. The first-order chi connectivity index (χ1) is 7.69. The molecule has 1 aromatic carbocycles. The van der Waals surface area contributed by atoms with Gasteiger partial charge in [-0.15, -0.1) is 0 Å². The molecule has 0 fully saturated rings. The maximum absolute atomic E-state index is 11.3. The minimum Gasteiger partial charge on any atom is -0.465 e. The number of ether oxygens (including phenoxy) is 1. The van der Waals surface area contributed by atoms with Crippen LogP contribution in [0.2, 0.25) is 0 Å². The van der Waals surface area contributed by atoms with Crippen LogP contribution in [0.5, 0.6) is 0 Å². The summed E-state index contributed by atoms with van der Waals surface area (Å²) >= 11 is 0. The third kappa shape index (κ3) is 3.15. The van der Waals surface area contributed by atoms with E-state index in [0.717, 1.165) is 25.1 Å². The van der Waals surface area contributed by atoms with Crippen LogP contribution in [0, 0.1) is 0 Å². The van der Waals surface area contributed by atoms with E-state index in [1.165, 1.54) is 7.11 Å². The van der Waals surface area contributed by atoms with Crippen LogP contribution in [0.15, 0.2) is 18.2 Å². The number of nitrogens with one attached hydrogen (secondary N) is 1. The lowest BCUT2D eigenvalue weighted by molar-refractivity contribution is 0.0602. The molecule has 0 aliphatic heterocycles. The quantitative estimate of drug-likeness (QED) is 0.455. The Balaban J connectivity index is 2.71. The van der Waals surface area contributed by atoms with Crippen LogP contribution >= 0.6 is 0 Å². The Labute approximate surface area is 95.8 Å². The van der Waals surface area contributed by atoms with Crippen LogP contribution < -0.4 is 11.1 Å². The van der Waals surface area contributed by atoms with Crippen molar-refractivity contribution in [1.82, 2.24) is 0 Å². The fraction of sp³-hybridized carbons (Fsp3) is 0.417. The Morgan fingerprint density at radius 3 is 2.81 bits per heavy atom. The van der Waals surface area contributed by atoms with Gasteiger partial charge in [-0.2, -0.15) is 0 Å². The van der Waals surface area contributed by atoms with Gasteiger partial charge in [0, 0.05) is 17.9 Å². The highest BCUT2D eigenvalue weighted by molar-refractivity contribution is 5.95. The highest BCUT2D eigenvalue weighted by Crippen LogP contribution is 2.18. The molecule has 0 aliphatic rings. The zero-order chi connectivity index (χ0) is 12.0. The van der Waals surface area contributed by atoms with Gasteiger partial charge in [-0.1, -0.05) is 13.3 Å². The molecule has 0 bridgehead atoms. The van der Waals surface area contributed by atoms with Crippen molar-refractivity contribution in [3.63, 3.8) is 0 Å². The molecule has 4 heteroatoms. The average molecular weight is 222 g/mol. The number of carbonyl (C=O) groups excluding carboxylic acids is 1. The van der Waals surface area contributed by atoms with Crippen molar-refractivity contribution in [3.8, 4) is 0 Å². The zero-order valence-corrected chi connectivity index (χ0v) is 9.75. The molecule has 3 N–H and O–H groups in total. The Kier molecular flexibility index (Phi) is 4.64. The Morgan fingerprint density at radius 1 is 1.50 bits per heavy atom. The second-order valence-corrected chi connectivity index (χ2v) is 3.57. The van der Waals surface area contributed by atoms with Gasteiger partial charge in [0.05, 0.1) is 12.7 Å². The molecule has 88 valence electrons. The van der Waals surface area contributed by atoms with Crippen molar-refractivity contribution in [2.75, 3.05) is 24.7 Å². The number of hydrogen-bond acceptors (Lipinski definition) is 4. The van der Waals surface area contributed by atoms with E-state index in [0.29, 0.717) is 11.3 Å². The highest BCUT2D eigenvalue weighted by atomic mass is 16.5. The van der Waals surface area contributed by atoms with E-state index in [-0.39, 0.29) is 0 Å². The first-order valence-corrected chi connectivity index (χ1v) is 5.40. The van der Waals surface area contributed by atoms with Crippen LogP contribution in [0.1, 0.15) is 30.1 Å². The SMILES string of the molecule is CCCCNc1ccc(C(=O)OC)c(N)c1. The van der Waals surface area contributed by atoms with Crippen LogP contribution in [-0.2, 0) is 4.74 Å². The van der Waals surface area contributed by atoms with Crippen molar-refractivity contribution in [2.45, 2.75) is 19.8 Å². The van der Waals surface area contributed by atoms with Gasteiger partial charge in [0.25, 0.3) is 0 Å². The molecule has 0 spiro atoms. The van der Waals surface area contributed by atoms with Gasteiger partial charge in [0.15, 0.2) is 0 Å². The topological polar surface area (TPSA) is 64.3 Å². The number of esters is 1. The summed E-state index contributed by atoms with van der Waals surface area (Å²) in [7, 11) is 1.34. The molecule has 0 aromatic heterocycles. The Bertz CT molecular complexity index is 364. The van der Waals surface area contributed by atoms with Crippen molar-refractivity contribution in [1.29, 1.82) is 0 Å². The fourth-order valence-corrected chi connectivity index (χ4v) is 1.38. The van der Waals surface area contributed by atoms with Crippen molar-refractivity contribution < 1.29 is 9.53 Å². The number of benzene rings is 1. The lowest BCUT2D eigenvalue weighted by Crippen LogP contribution is -2.07. The molecule has 0 radical (unpaired) electrons. The maximum Gasteiger partial charge on any atom is 0.339 e. The van der Waals surface area contributed by atoms with E-state index in [2.05, 4.69) is 17.0 Å². The van der Waals surface area contributed by atoms with Crippen LogP contribution in [0.25, 0.3) is 0 Å². The third-order valence-corrected chi connectivity index (χ3v) is 2.32. The molecule has 0 heterocycles. The lowest BCUT2D eigenvalue weighted by atomic mass is 10.1. The first-order valence-electron chi connectivity index (χ1n) is 5.40. The van der Waals surface area contributed by atoms with Crippen molar-refractivity contribution in [2.24, 2.45) is 0 Å². The number of nitrogens with two attached hydrogens (primary N) is 1. The molecule has 1 aromatic rings. The maximum atomic E-state index is 11.3. The zero-order valence-electron chi connectivity index (χ0n) is 9.75. The van der Waals surface area contributed by atoms with Crippen molar-refractivity contribution in [3.05, 3.63) is 23.8 Å². The minimum absolute atomic E-state index is 0.405. The normalized spacial score (nSPS) is 9.88. The summed E-state index contributed by atoms with van der Waals surface area (Å²) in [5, 5.41) is 3.24. The molecule has 0 unspecified atom stereocenters. The molecule has 0 atom stereocenters. The summed E-state index contributed by atoms with van der Waals surface area (Å²) < 4.78 is 4.62. The number of anilines is 2. The van der Waals surface area contributed by atoms with Gasteiger partial charge in [0.1, 0.15) is 0 Å². The summed E-state index contributed by atoms with van der Waals surface area (Å²) in [5.74, 6) is -0.405. The molecule has 0 aliphatic carbocycles. The molecule has 0 saturated heterocycles. The van der Waals surface area contributed by atoms with Crippen molar-refractivity contribution >= 4 is 17.3 Å². The van der Waals surface area contributed by atoms with E-state index in [1.807, 2.05) is 6.07 Å². The average Bonchev–Trinajstić information content (AvgIpc) is 2.29. The number of carbonyl (C=O) groups is 1. The molecule has 16 heavy (non-hydrogen) atoms. The second-order valence-electron chi connectivity index (χ2n) is 3.57. The summed E-state index contributed by atoms with van der Waals surface area (Å²) in [4.78, 5) is 11.3. The van der Waals surface area contributed by atoms with Gasteiger partial charge in [0.2, 0.25) is 0 Å². The number of rotatable bonds is 5. The van der Waals surface area contributed by atoms with Gasteiger partial charge in [-0.3, -0.25) is 0 Å². The molecule has 0 amide bonds. The molecule has 0 saturated carbocycles. The van der Waals surface area contributed by atoms with Gasteiger partial charge < -0.3 is 15.8 Å². The van der Waals surface area contributed by atoms with E-state index in [9.17, 15) is 4.79 Å². The van der Waals surface area contributed by atoms with E-state index >= 15 is 0 Å². The minimum atomic E-state index is -0.405. The summed E-state index contributed by atoms with van der Waals surface area (Å²) in [6, 6.07) is 5.26. The molecule has 4 nitrogen and oxygen atoms in total. The standard InChI is InChI=1S/C12H18N2O2/c1-3-4-7-14-9-5-6-10(11(13)8-9)12(15)16-2/h5-6,8,14H,3-4,7,13H2,1-2H3. The second kappa shape index (κ2) is 6.00. The number of hydrogen-bond donors (Lipinski definition) is 2. The highest BCUT2D eigenvalue weighted by Gasteiger charge is 2.09. The van der Waals surface area contributed by atoms with Crippen LogP contribution in [0.3, 0.4) is 0 Å². The van der Waals surface area contributed by atoms with Crippen LogP contribution in [-0.4, -0.2) is 19.6 Å². The monoisotopic (exact) mass is 222 g/mol. The fourth-order valence-electron chi connectivity index (χ4n) is 1.38. The summed E-state index contributed by atoms with van der Waals surface area (Å²) in [6.07, 6.45) is 2.25.